The lowest BCUT2D eigenvalue weighted by molar-refractivity contribution is -0.110. The first kappa shape index (κ1) is 15.9. The molecular weight excluding hydrogens is 347 g/mol. The molecule has 0 radical (unpaired) electrons. The average molecular weight is 372 g/mol. The van der Waals surface area contributed by atoms with Gasteiger partial charge in [0.1, 0.15) is 0 Å². The molecule has 0 aliphatic carbocycles. The fourth-order valence-corrected chi connectivity index (χ4v) is 6.08. The van der Waals surface area contributed by atoms with Crippen molar-refractivity contribution in [2.45, 2.75) is 63.8 Å². The molecule has 1 fully saturated rings. The Hall–Kier alpha value is 0.827. The number of hydrogen-bond donors (Lipinski definition) is 0. The van der Waals surface area contributed by atoms with Gasteiger partial charge in [0.15, 0.2) is 14.6 Å². The van der Waals surface area contributed by atoms with Gasteiger partial charge in [-0.2, -0.15) is 0 Å². The molecule has 1 unspecified atom stereocenters. The predicted molar refractivity (Wildman–Crippen MR) is 81.2 cm³/mol. The molecule has 0 aromatic carbocycles. The normalized spacial score (nSPS) is 29.8. The van der Waals surface area contributed by atoms with E-state index in [4.69, 9.17) is 13.9 Å². The van der Waals surface area contributed by atoms with Gasteiger partial charge in [-0.3, -0.25) is 0 Å². The molecule has 1 rings (SSSR count). The third kappa shape index (κ3) is 3.89. The van der Waals surface area contributed by atoms with Gasteiger partial charge in [0.2, 0.25) is 0 Å². The van der Waals surface area contributed by atoms with Crippen molar-refractivity contribution in [3.8, 4) is 0 Å². The van der Waals surface area contributed by atoms with Crippen LogP contribution in [-0.2, 0) is 13.9 Å². The van der Waals surface area contributed by atoms with Crippen LogP contribution >= 0.6 is 22.6 Å². The second-order valence-corrected chi connectivity index (χ2v) is 10.2. The van der Waals surface area contributed by atoms with Gasteiger partial charge >= 0.3 is 0 Å². The Morgan fingerprint density at radius 3 is 2.24 bits per heavy atom. The standard InChI is InChI=1S/C12H25IO3Si/c1-5-17(6-2,7-3)16-10-8-12(14-4)15-11(10)9-13/h10-12H,5-9H2,1-4H3/t10-,11+,12?/m0/s1. The smallest absolute Gasteiger partial charge is 0.192 e. The quantitative estimate of drug-likeness (QED) is 0.389. The van der Waals surface area contributed by atoms with Gasteiger partial charge in [0.25, 0.3) is 0 Å². The van der Waals surface area contributed by atoms with Crippen LogP contribution in [0.2, 0.25) is 18.1 Å². The average Bonchev–Trinajstić information content (AvgIpc) is 2.78. The second-order valence-electron chi connectivity index (χ2n) is 4.63. The predicted octanol–water partition coefficient (Wildman–Crippen LogP) is 3.57. The van der Waals surface area contributed by atoms with Crippen molar-refractivity contribution in [3.05, 3.63) is 0 Å². The van der Waals surface area contributed by atoms with Crippen LogP contribution in [0.25, 0.3) is 0 Å². The van der Waals surface area contributed by atoms with Crippen molar-refractivity contribution < 1.29 is 13.9 Å². The zero-order valence-corrected chi connectivity index (χ0v) is 14.5. The number of alkyl halides is 1. The molecule has 1 aliphatic heterocycles. The molecule has 1 heterocycles. The first-order valence-electron chi connectivity index (χ1n) is 6.56. The molecule has 0 aromatic rings. The highest BCUT2D eigenvalue weighted by Gasteiger charge is 2.41. The number of methoxy groups -OCH3 is 1. The van der Waals surface area contributed by atoms with E-state index in [-0.39, 0.29) is 18.5 Å². The number of hydrogen-bond acceptors (Lipinski definition) is 3. The highest BCUT2D eigenvalue weighted by Crippen LogP contribution is 2.31. The monoisotopic (exact) mass is 372 g/mol. The van der Waals surface area contributed by atoms with E-state index in [2.05, 4.69) is 43.4 Å². The Bertz CT molecular complexity index is 216. The van der Waals surface area contributed by atoms with Gasteiger partial charge < -0.3 is 13.9 Å². The van der Waals surface area contributed by atoms with E-state index < -0.39 is 8.32 Å². The summed E-state index contributed by atoms with van der Waals surface area (Å²) in [6.07, 6.45) is 1.26. The summed E-state index contributed by atoms with van der Waals surface area (Å²) in [5.41, 5.74) is 0. The summed E-state index contributed by atoms with van der Waals surface area (Å²) >= 11 is 2.37. The summed E-state index contributed by atoms with van der Waals surface area (Å²) < 4.78 is 18.6. The molecule has 0 amide bonds. The second kappa shape index (κ2) is 7.42. The van der Waals surface area contributed by atoms with Crippen LogP contribution in [-0.4, -0.2) is 38.4 Å². The third-order valence-electron chi connectivity index (χ3n) is 3.92. The highest BCUT2D eigenvalue weighted by molar-refractivity contribution is 14.1. The van der Waals surface area contributed by atoms with Crippen molar-refractivity contribution in [1.82, 2.24) is 0 Å². The third-order valence-corrected chi connectivity index (χ3v) is 9.45. The lowest BCUT2D eigenvalue weighted by Gasteiger charge is -2.32. The molecule has 3 atom stereocenters. The Morgan fingerprint density at radius 1 is 1.24 bits per heavy atom. The number of halogens is 1. The van der Waals surface area contributed by atoms with E-state index in [0.717, 1.165) is 10.8 Å². The minimum absolute atomic E-state index is 0.0722. The molecule has 102 valence electrons. The van der Waals surface area contributed by atoms with Gasteiger partial charge in [-0.05, 0) is 18.1 Å². The Labute approximate surface area is 120 Å². The summed E-state index contributed by atoms with van der Waals surface area (Å²) in [5.74, 6) is 0. The van der Waals surface area contributed by atoms with Gasteiger partial charge in [-0.1, -0.05) is 43.4 Å². The summed E-state index contributed by atoms with van der Waals surface area (Å²) in [6.45, 7) is 6.80. The van der Waals surface area contributed by atoms with E-state index in [9.17, 15) is 0 Å². The Kier molecular flexibility index (Phi) is 6.94. The molecule has 0 aromatic heterocycles. The molecule has 1 aliphatic rings. The van der Waals surface area contributed by atoms with Crippen molar-refractivity contribution in [1.29, 1.82) is 0 Å². The van der Waals surface area contributed by atoms with E-state index in [1.54, 1.807) is 7.11 Å². The maximum Gasteiger partial charge on any atom is 0.192 e. The maximum absolute atomic E-state index is 6.51. The van der Waals surface area contributed by atoms with Crippen LogP contribution in [0.3, 0.4) is 0 Å². The van der Waals surface area contributed by atoms with E-state index >= 15 is 0 Å². The summed E-state index contributed by atoms with van der Waals surface area (Å²) in [4.78, 5) is 0. The van der Waals surface area contributed by atoms with Crippen LogP contribution < -0.4 is 0 Å². The molecule has 0 N–H and O–H groups in total. The van der Waals surface area contributed by atoms with E-state index in [0.29, 0.717) is 0 Å². The van der Waals surface area contributed by atoms with Gasteiger partial charge in [0, 0.05) is 18.0 Å². The number of ether oxygens (including phenoxy) is 2. The van der Waals surface area contributed by atoms with Crippen molar-refractivity contribution >= 4 is 30.9 Å². The molecule has 1 saturated heterocycles. The Balaban J connectivity index is 2.65. The molecule has 0 bridgehead atoms. The zero-order valence-electron chi connectivity index (χ0n) is 11.4. The van der Waals surface area contributed by atoms with Crippen LogP contribution in [0.1, 0.15) is 27.2 Å². The molecule has 17 heavy (non-hydrogen) atoms. The molecule has 0 saturated carbocycles. The largest absolute Gasteiger partial charge is 0.411 e. The lowest BCUT2D eigenvalue weighted by atomic mass is 10.2. The van der Waals surface area contributed by atoms with E-state index in [1.807, 2.05) is 0 Å². The van der Waals surface area contributed by atoms with Crippen LogP contribution in [0.4, 0.5) is 0 Å². The zero-order chi connectivity index (χ0) is 12.9. The molecule has 5 heteroatoms. The fraction of sp³-hybridized carbons (Fsp3) is 1.00. The highest BCUT2D eigenvalue weighted by atomic mass is 127. The van der Waals surface area contributed by atoms with E-state index in [1.165, 1.54) is 18.1 Å². The van der Waals surface area contributed by atoms with Gasteiger partial charge in [-0.15, -0.1) is 0 Å². The summed E-state index contributed by atoms with van der Waals surface area (Å²) in [6, 6.07) is 3.59. The summed E-state index contributed by atoms with van der Waals surface area (Å²) in [7, 11) is 0.188. The fourth-order valence-electron chi connectivity index (χ4n) is 2.41. The first-order chi connectivity index (χ1) is 8.14. The van der Waals surface area contributed by atoms with Crippen LogP contribution in [0.5, 0.6) is 0 Å². The van der Waals surface area contributed by atoms with Gasteiger partial charge in [-0.25, -0.2) is 0 Å². The molecule has 3 nitrogen and oxygen atoms in total. The molecular formula is C12H25IO3Si. The minimum Gasteiger partial charge on any atom is -0.411 e. The lowest BCUT2D eigenvalue weighted by Crippen LogP contribution is -2.43. The Morgan fingerprint density at radius 2 is 1.82 bits per heavy atom. The van der Waals surface area contributed by atoms with Crippen LogP contribution in [0, 0.1) is 0 Å². The number of rotatable bonds is 7. The minimum atomic E-state index is -1.52. The van der Waals surface area contributed by atoms with Crippen molar-refractivity contribution in [2.75, 3.05) is 11.5 Å². The molecule has 0 spiro atoms. The van der Waals surface area contributed by atoms with Gasteiger partial charge in [0.05, 0.1) is 12.2 Å². The first-order valence-corrected chi connectivity index (χ1v) is 10.6. The topological polar surface area (TPSA) is 27.7 Å². The van der Waals surface area contributed by atoms with Crippen molar-refractivity contribution in [2.24, 2.45) is 0 Å². The van der Waals surface area contributed by atoms with Crippen molar-refractivity contribution in [3.63, 3.8) is 0 Å². The van der Waals surface area contributed by atoms with Crippen LogP contribution in [0.15, 0.2) is 0 Å². The SMILES string of the molecule is CC[Si](CC)(CC)O[C@H]1CC(OC)O[C@@H]1CI. The maximum atomic E-state index is 6.51. The summed E-state index contributed by atoms with van der Waals surface area (Å²) in [5, 5.41) is 0.